The van der Waals surface area contributed by atoms with Crippen molar-refractivity contribution in [3.8, 4) is 17.4 Å². The predicted octanol–water partition coefficient (Wildman–Crippen LogP) is 5.66. The number of hydrogen-bond donors (Lipinski definition) is 1. The van der Waals surface area contributed by atoms with Crippen LogP contribution in [0.4, 0.5) is 0 Å². The maximum Gasteiger partial charge on any atom is 0.283 e. The van der Waals surface area contributed by atoms with Crippen molar-refractivity contribution in [1.82, 2.24) is 20.4 Å². The summed E-state index contributed by atoms with van der Waals surface area (Å²) in [6, 6.07) is 19.0. The Kier molecular flexibility index (Phi) is 9.98. The number of rotatable bonds is 9. The van der Waals surface area contributed by atoms with Crippen molar-refractivity contribution < 1.29 is 13.6 Å². The molecule has 0 bridgehead atoms. The van der Waals surface area contributed by atoms with E-state index in [4.69, 9.17) is 13.6 Å². The molecule has 4 aromatic rings. The van der Waals surface area contributed by atoms with E-state index in [2.05, 4.69) is 50.7 Å². The number of benzene rings is 2. The Labute approximate surface area is 218 Å². The summed E-state index contributed by atoms with van der Waals surface area (Å²) < 4.78 is 17.4. The zero-order valence-electron chi connectivity index (χ0n) is 19.8. The van der Waals surface area contributed by atoms with Gasteiger partial charge in [0.2, 0.25) is 5.89 Å². The summed E-state index contributed by atoms with van der Waals surface area (Å²) in [5, 5.41) is 12.5. The molecule has 7 nitrogen and oxygen atoms in total. The number of hydrogen-bond acceptors (Lipinski definition) is 7. The van der Waals surface area contributed by atoms with Gasteiger partial charge in [-0.2, -0.15) is 0 Å². The van der Waals surface area contributed by atoms with Crippen LogP contribution < -0.4 is 10.1 Å². The van der Waals surface area contributed by atoms with Crippen LogP contribution in [0, 0.1) is 6.92 Å². The molecule has 0 radical (unpaired) electrons. The van der Waals surface area contributed by atoms with Gasteiger partial charge in [0.25, 0.3) is 5.89 Å². The number of nitrogens with zero attached hydrogens (tertiary/aromatic N) is 3. The van der Waals surface area contributed by atoms with Crippen molar-refractivity contribution in [2.24, 2.45) is 0 Å². The largest absolute Gasteiger partial charge is 0.493 e. The highest BCUT2D eigenvalue weighted by molar-refractivity contribution is 5.87. The molecule has 2 aromatic carbocycles. The van der Waals surface area contributed by atoms with E-state index in [1.807, 2.05) is 24.3 Å². The molecular weight excluding hydrogens is 487 g/mol. The monoisotopic (exact) mass is 518 g/mol. The Bertz CT molecular complexity index is 1170. The van der Waals surface area contributed by atoms with Crippen molar-refractivity contribution in [3.05, 3.63) is 66.1 Å². The highest BCUT2D eigenvalue weighted by Gasteiger charge is 2.19. The SMILES string of the molecule is Cc1nnc(-c2cc3c(OCCCNC4CCN(Cc5ccccc5)CC4)cccc3o2)o1.Cl.Cl. The van der Waals surface area contributed by atoms with Gasteiger partial charge in [-0.05, 0) is 56.6 Å². The molecule has 188 valence electrons. The summed E-state index contributed by atoms with van der Waals surface area (Å²) in [5.41, 5.74) is 2.15. The Morgan fingerprint density at radius 3 is 2.54 bits per heavy atom. The standard InChI is InChI=1S/C26H30N4O3.2ClH/c1-19-28-29-26(32-19)25-17-22-23(9-5-10-24(22)33-25)31-16-6-13-27-21-11-14-30(15-12-21)18-20-7-3-2-4-8-20;;/h2-5,7-10,17,21,27H,6,11-16,18H2,1H3;2*1H. The van der Waals surface area contributed by atoms with Gasteiger partial charge in [-0.3, -0.25) is 4.90 Å². The van der Waals surface area contributed by atoms with Gasteiger partial charge in [0.1, 0.15) is 11.3 Å². The molecule has 5 rings (SSSR count). The molecule has 1 saturated heterocycles. The Morgan fingerprint density at radius 2 is 1.80 bits per heavy atom. The number of furan rings is 1. The summed E-state index contributed by atoms with van der Waals surface area (Å²) in [6.07, 6.45) is 3.34. The number of piperidine rings is 1. The van der Waals surface area contributed by atoms with Crippen LogP contribution in [0.1, 0.15) is 30.7 Å². The van der Waals surface area contributed by atoms with Crippen LogP contribution >= 0.6 is 24.8 Å². The molecule has 0 aliphatic carbocycles. The van der Waals surface area contributed by atoms with Crippen molar-refractivity contribution in [1.29, 1.82) is 0 Å². The first-order chi connectivity index (χ1) is 16.2. The third-order valence-electron chi connectivity index (χ3n) is 6.11. The van der Waals surface area contributed by atoms with Gasteiger partial charge < -0.3 is 18.9 Å². The maximum absolute atomic E-state index is 6.07. The minimum absolute atomic E-state index is 0. The lowest BCUT2D eigenvalue weighted by Gasteiger charge is -2.32. The number of aromatic nitrogens is 2. The second-order valence-corrected chi connectivity index (χ2v) is 8.60. The molecule has 0 saturated carbocycles. The van der Waals surface area contributed by atoms with E-state index in [1.54, 1.807) is 6.92 Å². The summed E-state index contributed by atoms with van der Waals surface area (Å²) in [4.78, 5) is 2.55. The van der Waals surface area contributed by atoms with E-state index in [0.717, 1.165) is 49.3 Å². The van der Waals surface area contributed by atoms with Crippen LogP contribution in [0.3, 0.4) is 0 Å². The van der Waals surface area contributed by atoms with Crippen LogP contribution in [-0.2, 0) is 6.54 Å². The second-order valence-electron chi connectivity index (χ2n) is 8.60. The van der Waals surface area contributed by atoms with Crippen LogP contribution in [-0.4, -0.2) is 47.4 Å². The van der Waals surface area contributed by atoms with E-state index in [-0.39, 0.29) is 24.8 Å². The Balaban J connectivity index is 0.00000171. The Morgan fingerprint density at radius 1 is 1.00 bits per heavy atom. The minimum atomic E-state index is 0. The molecule has 9 heteroatoms. The average molecular weight is 519 g/mol. The minimum Gasteiger partial charge on any atom is -0.493 e. The van der Waals surface area contributed by atoms with Crippen molar-refractivity contribution in [2.75, 3.05) is 26.2 Å². The van der Waals surface area contributed by atoms with Gasteiger partial charge in [-0.25, -0.2) is 0 Å². The second kappa shape index (κ2) is 12.9. The van der Waals surface area contributed by atoms with Crippen molar-refractivity contribution in [3.63, 3.8) is 0 Å². The van der Waals surface area contributed by atoms with Crippen molar-refractivity contribution in [2.45, 2.75) is 38.8 Å². The number of likely N-dealkylation sites (tertiary alicyclic amines) is 1. The van der Waals surface area contributed by atoms with Gasteiger partial charge in [0.15, 0.2) is 5.76 Å². The van der Waals surface area contributed by atoms with Gasteiger partial charge >= 0.3 is 0 Å². The lowest BCUT2D eigenvalue weighted by atomic mass is 10.0. The van der Waals surface area contributed by atoms with E-state index >= 15 is 0 Å². The van der Waals surface area contributed by atoms with E-state index in [0.29, 0.717) is 30.2 Å². The van der Waals surface area contributed by atoms with Crippen molar-refractivity contribution >= 4 is 35.8 Å². The van der Waals surface area contributed by atoms with Gasteiger partial charge in [0.05, 0.1) is 12.0 Å². The first-order valence-corrected chi connectivity index (χ1v) is 11.7. The van der Waals surface area contributed by atoms with Crippen LogP contribution in [0.25, 0.3) is 22.6 Å². The molecular formula is C26H32Cl2N4O3. The van der Waals surface area contributed by atoms with E-state index in [9.17, 15) is 0 Å². The first kappa shape index (κ1) is 27.0. The fourth-order valence-electron chi connectivity index (χ4n) is 4.36. The topological polar surface area (TPSA) is 76.6 Å². The summed E-state index contributed by atoms with van der Waals surface area (Å²) in [5.74, 6) is 2.26. The van der Waals surface area contributed by atoms with Crippen LogP contribution in [0.2, 0.25) is 0 Å². The summed E-state index contributed by atoms with van der Waals surface area (Å²) >= 11 is 0. The first-order valence-electron chi connectivity index (χ1n) is 11.7. The zero-order chi connectivity index (χ0) is 22.5. The molecule has 0 amide bonds. The lowest BCUT2D eigenvalue weighted by molar-refractivity contribution is 0.189. The normalized spacial score (nSPS) is 14.4. The van der Waals surface area contributed by atoms with Gasteiger partial charge in [-0.15, -0.1) is 35.0 Å². The molecule has 0 spiro atoms. The van der Waals surface area contributed by atoms with Gasteiger partial charge in [-0.1, -0.05) is 36.4 Å². The number of ether oxygens (including phenoxy) is 1. The summed E-state index contributed by atoms with van der Waals surface area (Å²) in [6.45, 7) is 6.71. The highest BCUT2D eigenvalue weighted by Crippen LogP contribution is 2.33. The average Bonchev–Trinajstić information content (AvgIpc) is 3.47. The molecule has 1 N–H and O–H groups in total. The lowest BCUT2D eigenvalue weighted by Crippen LogP contribution is -2.42. The molecule has 1 fully saturated rings. The predicted molar refractivity (Wildman–Crippen MR) is 142 cm³/mol. The molecule has 1 aliphatic rings. The maximum atomic E-state index is 6.07. The fourth-order valence-corrected chi connectivity index (χ4v) is 4.36. The number of halogens is 2. The Hall–Kier alpha value is -2.58. The molecule has 0 atom stereocenters. The van der Waals surface area contributed by atoms with E-state index < -0.39 is 0 Å². The highest BCUT2D eigenvalue weighted by atomic mass is 35.5. The number of aryl methyl sites for hydroxylation is 1. The van der Waals surface area contributed by atoms with Gasteiger partial charge in [0, 0.05) is 25.6 Å². The quantitative estimate of drug-likeness (QED) is 0.286. The number of fused-ring (bicyclic) bond motifs is 1. The molecule has 2 aromatic heterocycles. The van der Waals surface area contributed by atoms with Crippen LogP contribution in [0.15, 0.2) is 63.4 Å². The molecule has 35 heavy (non-hydrogen) atoms. The third-order valence-corrected chi connectivity index (χ3v) is 6.11. The zero-order valence-corrected chi connectivity index (χ0v) is 21.4. The van der Waals surface area contributed by atoms with E-state index in [1.165, 1.54) is 18.4 Å². The molecule has 0 unspecified atom stereocenters. The molecule has 1 aliphatic heterocycles. The fraction of sp³-hybridized carbons (Fsp3) is 0.385. The smallest absolute Gasteiger partial charge is 0.283 e. The molecule has 3 heterocycles. The third kappa shape index (κ3) is 6.98. The number of nitrogens with one attached hydrogen (secondary N) is 1. The van der Waals surface area contributed by atoms with Crippen LogP contribution in [0.5, 0.6) is 5.75 Å². The summed E-state index contributed by atoms with van der Waals surface area (Å²) in [7, 11) is 0.